The van der Waals surface area contributed by atoms with Gasteiger partial charge in [0.25, 0.3) is 0 Å². The number of benzene rings is 1. The van der Waals surface area contributed by atoms with E-state index in [4.69, 9.17) is 11.6 Å². The molecule has 0 aliphatic heterocycles. The molecule has 1 aromatic carbocycles. The lowest BCUT2D eigenvalue weighted by Gasteiger charge is -2.04. The lowest BCUT2D eigenvalue weighted by Crippen LogP contribution is -2.24. The molecule has 0 aliphatic rings. The molecule has 2 aromatic rings. The number of hydrogen-bond acceptors (Lipinski definition) is 3. The number of aromatic nitrogens is 2. The van der Waals surface area contributed by atoms with Crippen LogP contribution in [-0.4, -0.2) is 21.6 Å². The number of nitrogens with zero attached hydrogens (tertiary/aromatic N) is 1. The van der Waals surface area contributed by atoms with Crippen LogP contribution in [0.15, 0.2) is 36.8 Å². The van der Waals surface area contributed by atoms with Crippen molar-refractivity contribution in [1.82, 2.24) is 15.3 Å². The molecule has 0 bridgehead atoms. The van der Waals surface area contributed by atoms with Gasteiger partial charge in [-0.2, -0.15) is 0 Å². The van der Waals surface area contributed by atoms with Gasteiger partial charge < -0.3 is 10.3 Å². The highest BCUT2D eigenvalue weighted by Gasteiger charge is 2.02. The fraction of sp³-hybridized carbons (Fsp3) is 0.231. The zero-order valence-corrected chi connectivity index (χ0v) is 11.8. The van der Waals surface area contributed by atoms with Gasteiger partial charge in [-0.1, -0.05) is 23.7 Å². The van der Waals surface area contributed by atoms with Gasteiger partial charge in [-0.3, -0.25) is 4.79 Å². The Morgan fingerprint density at radius 2 is 2.16 bits per heavy atom. The van der Waals surface area contributed by atoms with E-state index in [9.17, 15) is 4.79 Å². The highest BCUT2D eigenvalue weighted by molar-refractivity contribution is 7.99. The second-order valence-electron chi connectivity index (χ2n) is 3.97. The summed E-state index contributed by atoms with van der Waals surface area (Å²) in [6, 6.07) is 7.65. The molecule has 0 aliphatic carbocycles. The average molecular weight is 296 g/mol. The molecule has 0 saturated carbocycles. The van der Waals surface area contributed by atoms with Gasteiger partial charge in [-0.15, -0.1) is 11.8 Å². The van der Waals surface area contributed by atoms with Crippen LogP contribution in [0.25, 0.3) is 0 Å². The van der Waals surface area contributed by atoms with E-state index in [1.54, 1.807) is 24.3 Å². The maximum Gasteiger partial charge on any atom is 0.230 e. The Labute approximate surface area is 121 Å². The van der Waals surface area contributed by atoms with Crippen LogP contribution in [-0.2, 0) is 17.1 Å². The zero-order valence-electron chi connectivity index (χ0n) is 10.2. The molecule has 2 N–H and O–H groups in total. The Bertz CT molecular complexity index is 513. The molecule has 0 saturated heterocycles. The SMILES string of the molecule is O=C(CSCc1ccc(Cl)cc1)NCc1cnc[nH]1. The maximum atomic E-state index is 11.6. The van der Waals surface area contributed by atoms with E-state index in [2.05, 4.69) is 15.3 Å². The standard InChI is InChI=1S/C13H14ClN3OS/c14-11-3-1-10(2-4-11)7-19-8-13(18)16-6-12-5-15-9-17-12/h1-5,9H,6-8H2,(H,15,17)(H,16,18). The van der Waals surface area contributed by atoms with Crippen LogP contribution in [0.5, 0.6) is 0 Å². The van der Waals surface area contributed by atoms with Gasteiger partial charge in [-0.25, -0.2) is 4.98 Å². The fourth-order valence-electron chi connectivity index (χ4n) is 1.47. The van der Waals surface area contributed by atoms with Crippen molar-refractivity contribution < 1.29 is 4.79 Å². The van der Waals surface area contributed by atoms with E-state index in [0.717, 1.165) is 22.0 Å². The topological polar surface area (TPSA) is 57.8 Å². The molecular weight excluding hydrogens is 282 g/mol. The van der Waals surface area contributed by atoms with E-state index in [1.165, 1.54) is 0 Å². The number of thioether (sulfide) groups is 1. The maximum absolute atomic E-state index is 11.6. The first-order chi connectivity index (χ1) is 9.24. The number of aromatic amines is 1. The third-order valence-electron chi connectivity index (χ3n) is 2.45. The summed E-state index contributed by atoms with van der Waals surface area (Å²) < 4.78 is 0. The molecule has 1 heterocycles. The van der Waals surface area contributed by atoms with E-state index in [1.807, 2.05) is 24.3 Å². The fourth-order valence-corrected chi connectivity index (χ4v) is 2.41. The molecule has 1 aromatic heterocycles. The van der Waals surface area contributed by atoms with Crippen molar-refractivity contribution in [2.75, 3.05) is 5.75 Å². The van der Waals surface area contributed by atoms with E-state index < -0.39 is 0 Å². The average Bonchev–Trinajstić information content (AvgIpc) is 2.92. The van der Waals surface area contributed by atoms with E-state index >= 15 is 0 Å². The van der Waals surface area contributed by atoms with Crippen molar-refractivity contribution in [1.29, 1.82) is 0 Å². The van der Waals surface area contributed by atoms with Gasteiger partial charge in [0.2, 0.25) is 5.91 Å². The van der Waals surface area contributed by atoms with Gasteiger partial charge in [0.1, 0.15) is 0 Å². The number of halogens is 1. The van der Waals surface area contributed by atoms with Crippen LogP contribution < -0.4 is 5.32 Å². The number of rotatable bonds is 6. The molecule has 0 spiro atoms. The Balaban J connectivity index is 1.65. The van der Waals surface area contributed by atoms with E-state index in [-0.39, 0.29) is 5.91 Å². The van der Waals surface area contributed by atoms with Gasteiger partial charge >= 0.3 is 0 Å². The summed E-state index contributed by atoms with van der Waals surface area (Å²) in [4.78, 5) is 18.4. The molecule has 2 rings (SSSR count). The van der Waals surface area contributed by atoms with Crippen LogP contribution >= 0.6 is 23.4 Å². The van der Waals surface area contributed by atoms with Crippen molar-refractivity contribution in [3.05, 3.63) is 53.1 Å². The first-order valence-corrected chi connectivity index (χ1v) is 7.33. The van der Waals surface area contributed by atoms with Gasteiger partial charge in [-0.05, 0) is 17.7 Å². The number of carbonyl (C=O) groups excluding carboxylic acids is 1. The van der Waals surface area contributed by atoms with Gasteiger partial charge in [0.05, 0.1) is 24.3 Å². The molecule has 4 nitrogen and oxygen atoms in total. The Morgan fingerprint density at radius 3 is 2.84 bits per heavy atom. The van der Waals surface area contributed by atoms with Crippen molar-refractivity contribution >= 4 is 29.3 Å². The number of nitrogens with one attached hydrogen (secondary N) is 2. The number of hydrogen-bond donors (Lipinski definition) is 2. The summed E-state index contributed by atoms with van der Waals surface area (Å²) in [7, 11) is 0. The molecule has 6 heteroatoms. The number of imidazole rings is 1. The van der Waals surface area contributed by atoms with Crippen molar-refractivity contribution in [2.45, 2.75) is 12.3 Å². The van der Waals surface area contributed by atoms with Crippen LogP contribution in [0.3, 0.4) is 0 Å². The Kier molecular flexibility index (Phi) is 5.30. The first kappa shape index (κ1) is 14.0. The zero-order chi connectivity index (χ0) is 13.5. The molecule has 0 radical (unpaired) electrons. The van der Waals surface area contributed by atoms with E-state index in [0.29, 0.717) is 12.3 Å². The summed E-state index contributed by atoms with van der Waals surface area (Å²) >= 11 is 7.38. The largest absolute Gasteiger partial charge is 0.350 e. The molecule has 0 unspecified atom stereocenters. The summed E-state index contributed by atoms with van der Waals surface area (Å²) in [6.07, 6.45) is 3.29. The third-order valence-corrected chi connectivity index (χ3v) is 3.70. The third kappa shape index (κ3) is 4.96. The van der Waals surface area contributed by atoms with Crippen LogP contribution in [0.4, 0.5) is 0 Å². The monoisotopic (exact) mass is 295 g/mol. The van der Waals surface area contributed by atoms with Gasteiger partial charge in [0, 0.05) is 17.0 Å². The molecule has 19 heavy (non-hydrogen) atoms. The molecule has 100 valence electrons. The Morgan fingerprint density at radius 1 is 1.37 bits per heavy atom. The predicted octanol–water partition coefficient (Wildman–Crippen LogP) is 2.61. The predicted molar refractivity (Wildman–Crippen MR) is 78.0 cm³/mol. The minimum absolute atomic E-state index is 0.0218. The number of amides is 1. The van der Waals surface area contributed by atoms with Gasteiger partial charge in [0.15, 0.2) is 0 Å². The molecule has 0 fully saturated rings. The molecule has 1 amide bonds. The summed E-state index contributed by atoms with van der Waals surface area (Å²) in [5.74, 6) is 1.26. The molecular formula is C13H14ClN3OS. The lowest BCUT2D eigenvalue weighted by molar-refractivity contribution is -0.118. The summed E-state index contributed by atoms with van der Waals surface area (Å²) in [5.41, 5.74) is 2.06. The quantitative estimate of drug-likeness (QED) is 0.861. The second kappa shape index (κ2) is 7.21. The normalized spacial score (nSPS) is 10.4. The minimum Gasteiger partial charge on any atom is -0.350 e. The Hall–Kier alpha value is -1.46. The lowest BCUT2D eigenvalue weighted by atomic mass is 10.2. The highest BCUT2D eigenvalue weighted by atomic mass is 35.5. The summed E-state index contributed by atoms with van der Waals surface area (Å²) in [6.45, 7) is 0.486. The van der Waals surface area contributed by atoms with Crippen molar-refractivity contribution in [3.8, 4) is 0 Å². The van der Waals surface area contributed by atoms with Crippen LogP contribution in [0.2, 0.25) is 5.02 Å². The van der Waals surface area contributed by atoms with Crippen LogP contribution in [0.1, 0.15) is 11.3 Å². The number of carbonyl (C=O) groups is 1. The second-order valence-corrected chi connectivity index (χ2v) is 5.39. The van der Waals surface area contributed by atoms with Crippen LogP contribution in [0, 0.1) is 0 Å². The van der Waals surface area contributed by atoms with Crippen molar-refractivity contribution in [3.63, 3.8) is 0 Å². The van der Waals surface area contributed by atoms with Crippen molar-refractivity contribution in [2.24, 2.45) is 0 Å². The first-order valence-electron chi connectivity index (χ1n) is 5.80. The number of H-pyrrole nitrogens is 1. The minimum atomic E-state index is 0.0218. The molecule has 0 atom stereocenters. The highest BCUT2D eigenvalue weighted by Crippen LogP contribution is 2.15. The summed E-state index contributed by atoms with van der Waals surface area (Å²) in [5, 5.41) is 3.56. The smallest absolute Gasteiger partial charge is 0.230 e.